The summed E-state index contributed by atoms with van der Waals surface area (Å²) in [5.74, 6) is 0. The summed E-state index contributed by atoms with van der Waals surface area (Å²) >= 11 is 5.95. The van der Waals surface area contributed by atoms with E-state index < -0.39 is 5.60 Å². The molecule has 0 saturated carbocycles. The van der Waals surface area contributed by atoms with Crippen LogP contribution in [-0.2, 0) is 11.3 Å². The minimum Gasteiger partial charge on any atom is -0.439 e. The van der Waals surface area contributed by atoms with Crippen LogP contribution in [0.15, 0.2) is 29.1 Å². The van der Waals surface area contributed by atoms with Gasteiger partial charge in [-0.05, 0) is 18.2 Å². The number of pyridine rings is 1. The highest BCUT2D eigenvalue weighted by Gasteiger charge is 2.48. The van der Waals surface area contributed by atoms with Crippen LogP contribution in [0, 0.1) is 0 Å². The lowest BCUT2D eigenvalue weighted by atomic mass is 10.0. The van der Waals surface area contributed by atoms with E-state index in [2.05, 4.69) is 9.88 Å². The Bertz CT molecular complexity index is 881. The van der Waals surface area contributed by atoms with Crippen LogP contribution in [0.5, 0.6) is 0 Å². The predicted octanol–water partition coefficient (Wildman–Crippen LogP) is 2.21. The molecule has 6 nitrogen and oxygen atoms in total. The van der Waals surface area contributed by atoms with Gasteiger partial charge in [-0.2, -0.15) is 0 Å². The Balaban J connectivity index is 1.54. The number of halogens is 1. The van der Waals surface area contributed by atoms with Gasteiger partial charge in [0.15, 0.2) is 5.43 Å². The molecule has 1 N–H and O–H groups in total. The van der Waals surface area contributed by atoms with Gasteiger partial charge in [-0.25, -0.2) is 4.79 Å². The van der Waals surface area contributed by atoms with E-state index in [-0.39, 0.29) is 11.5 Å². The Labute approximate surface area is 144 Å². The number of amides is 1. The summed E-state index contributed by atoms with van der Waals surface area (Å²) in [7, 11) is 1.76. The molecule has 1 aromatic carbocycles. The highest BCUT2D eigenvalue weighted by Crippen LogP contribution is 2.32. The summed E-state index contributed by atoms with van der Waals surface area (Å²) < 4.78 is 5.56. The minimum absolute atomic E-state index is 0.0396. The first kappa shape index (κ1) is 15.5. The number of nitrogens with one attached hydrogen (secondary N) is 1. The van der Waals surface area contributed by atoms with Gasteiger partial charge >= 0.3 is 6.09 Å². The number of nitrogens with zero attached hydrogens (tertiary/aromatic N) is 2. The molecule has 2 saturated heterocycles. The largest absolute Gasteiger partial charge is 0.439 e. The van der Waals surface area contributed by atoms with Crippen molar-refractivity contribution in [2.45, 2.75) is 18.6 Å². The molecule has 0 aliphatic carbocycles. The number of rotatable bonds is 2. The number of carbonyl (C=O) groups excluding carboxylic acids is 1. The van der Waals surface area contributed by atoms with Crippen LogP contribution in [0.3, 0.4) is 0 Å². The summed E-state index contributed by atoms with van der Waals surface area (Å²) in [6.45, 7) is 2.76. The second-order valence-electron chi connectivity index (χ2n) is 6.72. The quantitative estimate of drug-likeness (QED) is 0.904. The second-order valence-corrected chi connectivity index (χ2v) is 7.15. The lowest BCUT2D eigenvalue weighted by molar-refractivity contribution is 0.0626. The van der Waals surface area contributed by atoms with Gasteiger partial charge < -0.3 is 14.6 Å². The minimum atomic E-state index is -0.406. The van der Waals surface area contributed by atoms with Crippen LogP contribution >= 0.6 is 11.6 Å². The molecular weight excluding hydrogens is 330 g/mol. The summed E-state index contributed by atoms with van der Waals surface area (Å²) in [6, 6.07) is 6.89. The van der Waals surface area contributed by atoms with Crippen molar-refractivity contribution >= 4 is 28.6 Å². The first-order valence-corrected chi connectivity index (χ1v) is 8.30. The maximum atomic E-state index is 12.3. The number of carbonyl (C=O) groups is 1. The van der Waals surface area contributed by atoms with Crippen LogP contribution in [0.2, 0.25) is 5.02 Å². The van der Waals surface area contributed by atoms with Crippen LogP contribution in [0.4, 0.5) is 4.79 Å². The summed E-state index contributed by atoms with van der Waals surface area (Å²) in [4.78, 5) is 31.1. The third-order valence-electron chi connectivity index (χ3n) is 4.78. The van der Waals surface area contributed by atoms with Crippen molar-refractivity contribution in [3.05, 3.63) is 45.2 Å². The number of benzene rings is 1. The molecule has 4 rings (SSSR count). The van der Waals surface area contributed by atoms with E-state index >= 15 is 0 Å². The molecule has 2 aromatic rings. The second kappa shape index (κ2) is 5.50. The molecule has 24 heavy (non-hydrogen) atoms. The Hall–Kier alpha value is -2.05. The zero-order chi connectivity index (χ0) is 16.9. The van der Waals surface area contributed by atoms with Crippen molar-refractivity contribution in [3.63, 3.8) is 0 Å². The van der Waals surface area contributed by atoms with Crippen LogP contribution in [0.25, 0.3) is 10.9 Å². The Morgan fingerprint density at radius 3 is 2.88 bits per heavy atom. The van der Waals surface area contributed by atoms with Crippen LogP contribution in [-0.4, -0.2) is 53.2 Å². The number of aromatic nitrogens is 1. The lowest BCUT2D eigenvalue weighted by Gasteiger charge is -2.21. The van der Waals surface area contributed by atoms with Gasteiger partial charge in [0.25, 0.3) is 0 Å². The first-order valence-electron chi connectivity index (χ1n) is 7.92. The molecule has 3 heterocycles. The summed E-state index contributed by atoms with van der Waals surface area (Å²) in [6.07, 6.45) is 0.559. The number of aromatic amines is 1. The van der Waals surface area contributed by atoms with Gasteiger partial charge in [-0.15, -0.1) is 0 Å². The summed E-state index contributed by atoms with van der Waals surface area (Å²) in [5.41, 5.74) is 1.19. The average molecular weight is 348 g/mol. The van der Waals surface area contributed by atoms with E-state index in [9.17, 15) is 9.59 Å². The molecule has 1 aromatic heterocycles. The van der Waals surface area contributed by atoms with Crippen LogP contribution < -0.4 is 5.43 Å². The molecule has 0 unspecified atom stereocenters. The highest BCUT2D eigenvalue weighted by molar-refractivity contribution is 6.31. The van der Waals surface area contributed by atoms with Crippen molar-refractivity contribution in [3.8, 4) is 0 Å². The predicted molar refractivity (Wildman–Crippen MR) is 91.3 cm³/mol. The zero-order valence-corrected chi connectivity index (χ0v) is 14.1. The van der Waals surface area contributed by atoms with Gasteiger partial charge in [-0.1, -0.05) is 11.6 Å². The molecule has 7 heteroatoms. The van der Waals surface area contributed by atoms with E-state index in [4.69, 9.17) is 16.3 Å². The topological polar surface area (TPSA) is 65.6 Å². The van der Waals surface area contributed by atoms with Crippen molar-refractivity contribution in [1.82, 2.24) is 14.8 Å². The molecule has 126 valence electrons. The Morgan fingerprint density at radius 2 is 2.12 bits per heavy atom. The zero-order valence-electron chi connectivity index (χ0n) is 13.3. The van der Waals surface area contributed by atoms with Crippen molar-refractivity contribution in [2.75, 3.05) is 26.7 Å². The number of likely N-dealkylation sites (N-methyl/N-ethyl adjacent to an activating group) is 1. The third-order valence-corrected chi connectivity index (χ3v) is 5.01. The molecule has 1 spiro atoms. The number of hydrogen-bond donors (Lipinski definition) is 1. The fourth-order valence-electron chi connectivity index (χ4n) is 3.67. The van der Waals surface area contributed by atoms with E-state index in [1.54, 1.807) is 30.1 Å². The molecule has 1 atom stereocenters. The molecule has 0 bridgehead atoms. The van der Waals surface area contributed by atoms with Crippen molar-refractivity contribution in [2.24, 2.45) is 0 Å². The van der Waals surface area contributed by atoms with E-state index in [0.717, 1.165) is 24.2 Å². The maximum absolute atomic E-state index is 12.3. The van der Waals surface area contributed by atoms with E-state index in [0.29, 0.717) is 30.0 Å². The first-order chi connectivity index (χ1) is 11.4. The molecule has 2 aliphatic rings. The van der Waals surface area contributed by atoms with Crippen LogP contribution in [0.1, 0.15) is 12.1 Å². The Kier molecular flexibility index (Phi) is 3.54. The smallest absolute Gasteiger partial charge is 0.410 e. The number of ether oxygens (including phenoxy) is 1. The van der Waals surface area contributed by atoms with Crippen molar-refractivity contribution < 1.29 is 9.53 Å². The molecule has 0 radical (unpaired) electrons. The van der Waals surface area contributed by atoms with Crippen molar-refractivity contribution in [1.29, 1.82) is 0 Å². The maximum Gasteiger partial charge on any atom is 0.410 e. The SMILES string of the molecule is CN1C[C@]2(CCN(Cc3cc(=O)c4cc(Cl)ccc4[nH]3)C2)OC1=O. The standard InChI is InChI=1S/C17H18ClN3O3/c1-20-9-17(24-16(20)23)4-5-21(10-17)8-12-7-15(22)13-6-11(18)2-3-14(13)19-12/h2-3,6-7H,4-5,8-10H2,1H3,(H,19,22)/t17-/m0/s1. The number of likely N-dealkylation sites (tertiary alicyclic amines) is 1. The summed E-state index contributed by atoms with van der Waals surface area (Å²) in [5, 5.41) is 1.14. The third kappa shape index (κ3) is 2.65. The molecule has 1 amide bonds. The molecule has 2 fully saturated rings. The van der Waals surface area contributed by atoms with Gasteiger partial charge in [0.05, 0.1) is 6.54 Å². The monoisotopic (exact) mass is 347 g/mol. The lowest BCUT2D eigenvalue weighted by Crippen LogP contribution is -2.37. The number of fused-ring (bicyclic) bond motifs is 1. The van der Waals surface area contributed by atoms with Gasteiger partial charge in [0.2, 0.25) is 0 Å². The Morgan fingerprint density at radius 1 is 1.29 bits per heavy atom. The van der Waals surface area contributed by atoms with E-state index in [1.807, 2.05) is 6.07 Å². The number of hydrogen-bond acceptors (Lipinski definition) is 4. The normalized spacial score (nSPS) is 24.2. The van der Waals surface area contributed by atoms with Gasteiger partial charge in [-0.3, -0.25) is 9.69 Å². The van der Waals surface area contributed by atoms with Gasteiger partial charge in [0.1, 0.15) is 5.60 Å². The molecular formula is C17H18ClN3O3. The fourth-order valence-corrected chi connectivity index (χ4v) is 3.84. The van der Waals surface area contributed by atoms with E-state index in [1.165, 1.54) is 0 Å². The average Bonchev–Trinajstić information content (AvgIpc) is 3.03. The fraction of sp³-hybridized carbons (Fsp3) is 0.412. The number of H-pyrrole nitrogens is 1. The molecule has 2 aliphatic heterocycles. The van der Waals surface area contributed by atoms with Gasteiger partial charge in [0, 0.05) is 60.8 Å². The highest BCUT2D eigenvalue weighted by atomic mass is 35.5.